The Balaban J connectivity index is 3.62. The van der Waals surface area contributed by atoms with Crippen molar-refractivity contribution in [3.05, 3.63) is 0 Å². The van der Waals surface area contributed by atoms with Crippen molar-refractivity contribution in [2.45, 2.75) is 20.3 Å². The maximum absolute atomic E-state index is 11.1. The van der Waals surface area contributed by atoms with Crippen LogP contribution in [0.25, 0.3) is 0 Å². The molecule has 0 saturated heterocycles. The van der Waals surface area contributed by atoms with E-state index in [-0.39, 0.29) is 17.6 Å². The van der Waals surface area contributed by atoms with Gasteiger partial charge in [0.05, 0.1) is 5.75 Å². The summed E-state index contributed by atoms with van der Waals surface area (Å²) in [5.41, 5.74) is 0. The number of rotatable bonds is 6. The number of carboxylic acids is 1. The fourth-order valence-electron chi connectivity index (χ4n) is 0.628. The molecule has 5 heteroatoms. The van der Waals surface area contributed by atoms with Crippen molar-refractivity contribution < 1.29 is 14.7 Å². The number of aliphatic imine (C=N–C) groups is 1. The van der Waals surface area contributed by atoms with Gasteiger partial charge in [0.15, 0.2) is 0 Å². The van der Waals surface area contributed by atoms with Crippen molar-refractivity contribution >= 4 is 29.9 Å². The van der Waals surface area contributed by atoms with Gasteiger partial charge in [0, 0.05) is 17.9 Å². The molecule has 0 aliphatic carbocycles. The van der Waals surface area contributed by atoms with Crippen LogP contribution in [-0.4, -0.2) is 34.7 Å². The van der Waals surface area contributed by atoms with Gasteiger partial charge in [0.25, 0.3) is 0 Å². The minimum Gasteiger partial charge on any atom is -0.481 e. The van der Waals surface area contributed by atoms with E-state index in [1.165, 1.54) is 18.0 Å². The van der Waals surface area contributed by atoms with Gasteiger partial charge in [0.2, 0.25) is 5.91 Å². The number of hydrogen-bond donors (Lipinski definition) is 1. The Kier molecular flexibility index (Phi) is 7.10. The Labute approximate surface area is 87.8 Å². The minimum atomic E-state index is -0.850. The highest BCUT2D eigenvalue weighted by atomic mass is 32.2. The summed E-state index contributed by atoms with van der Waals surface area (Å²) in [7, 11) is 0. The summed E-state index contributed by atoms with van der Waals surface area (Å²) >= 11 is 1.22. The molecule has 0 spiro atoms. The maximum atomic E-state index is 11.1. The van der Waals surface area contributed by atoms with E-state index in [1.807, 2.05) is 13.8 Å². The maximum Gasteiger partial charge on any atom is 0.313 e. The first-order valence-corrected chi connectivity index (χ1v) is 5.59. The predicted molar refractivity (Wildman–Crippen MR) is 57.9 cm³/mol. The van der Waals surface area contributed by atoms with Crippen LogP contribution < -0.4 is 0 Å². The molecule has 0 aliphatic heterocycles. The Bertz CT molecular complexity index is 228. The standard InChI is InChI=1S/C9H15NO3S/c1-3-7(2)9(13)10-4-5-14-6-8(11)12/h4,7H,3,5-6H2,1-2H3,(H,11,12)/b10-4+. The van der Waals surface area contributed by atoms with Crippen molar-refractivity contribution in [1.82, 2.24) is 0 Å². The van der Waals surface area contributed by atoms with E-state index in [4.69, 9.17) is 5.11 Å². The molecule has 1 atom stereocenters. The number of carbonyl (C=O) groups excluding carboxylic acids is 1. The van der Waals surface area contributed by atoms with Crippen molar-refractivity contribution in [3.8, 4) is 0 Å². The molecular formula is C9H15NO3S. The predicted octanol–water partition coefficient (Wildman–Crippen LogP) is 1.45. The first-order valence-electron chi connectivity index (χ1n) is 4.43. The molecule has 4 nitrogen and oxygen atoms in total. The molecule has 0 aromatic heterocycles. The smallest absolute Gasteiger partial charge is 0.313 e. The molecule has 0 aromatic carbocycles. The molecule has 0 aliphatic rings. The van der Waals surface area contributed by atoms with Crippen LogP contribution in [0.3, 0.4) is 0 Å². The van der Waals surface area contributed by atoms with Gasteiger partial charge in [-0.3, -0.25) is 9.59 Å². The number of carbonyl (C=O) groups is 2. The Morgan fingerprint density at radius 2 is 2.21 bits per heavy atom. The van der Waals surface area contributed by atoms with Gasteiger partial charge >= 0.3 is 5.97 Å². The third kappa shape index (κ3) is 6.65. The average molecular weight is 217 g/mol. The zero-order valence-electron chi connectivity index (χ0n) is 8.40. The van der Waals surface area contributed by atoms with Crippen LogP contribution in [0.2, 0.25) is 0 Å². The second-order valence-electron chi connectivity index (χ2n) is 2.87. The third-order valence-electron chi connectivity index (χ3n) is 1.67. The van der Waals surface area contributed by atoms with Gasteiger partial charge in [-0.25, -0.2) is 4.99 Å². The molecule has 0 heterocycles. The second-order valence-corrected chi connectivity index (χ2v) is 3.90. The summed E-state index contributed by atoms with van der Waals surface area (Å²) in [6.07, 6.45) is 2.25. The number of carboxylic acid groups (broad SMARTS) is 1. The fourth-order valence-corrected chi connectivity index (χ4v) is 1.10. The molecule has 1 unspecified atom stereocenters. The van der Waals surface area contributed by atoms with Crippen LogP contribution in [-0.2, 0) is 9.59 Å². The molecule has 14 heavy (non-hydrogen) atoms. The number of hydrogen-bond acceptors (Lipinski definition) is 3. The Morgan fingerprint density at radius 1 is 1.57 bits per heavy atom. The molecular weight excluding hydrogens is 202 g/mol. The topological polar surface area (TPSA) is 66.7 Å². The molecule has 80 valence electrons. The van der Waals surface area contributed by atoms with E-state index >= 15 is 0 Å². The van der Waals surface area contributed by atoms with E-state index in [9.17, 15) is 9.59 Å². The summed E-state index contributed by atoms with van der Waals surface area (Å²) in [6, 6.07) is 0. The fraction of sp³-hybridized carbons (Fsp3) is 0.667. The van der Waals surface area contributed by atoms with Crippen molar-refractivity contribution in [2.75, 3.05) is 11.5 Å². The van der Waals surface area contributed by atoms with E-state index in [0.717, 1.165) is 6.42 Å². The summed E-state index contributed by atoms with van der Waals surface area (Å²) in [5.74, 6) is -0.520. The second kappa shape index (κ2) is 7.55. The highest BCUT2D eigenvalue weighted by molar-refractivity contribution is 8.00. The quantitative estimate of drug-likeness (QED) is 0.540. The number of aliphatic carboxylic acids is 1. The molecule has 0 saturated carbocycles. The molecule has 0 bridgehead atoms. The Morgan fingerprint density at radius 3 is 2.71 bits per heavy atom. The largest absolute Gasteiger partial charge is 0.481 e. The van der Waals surface area contributed by atoms with Crippen molar-refractivity contribution in [1.29, 1.82) is 0 Å². The van der Waals surface area contributed by atoms with E-state index < -0.39 is 5.97 Å². The summed E-state index contributed by atoms with van der Waals surface area (Å²) in [5, 5.41) is 8.32. The third-order valence-corrected chi connectivity index (χ3v) is 2.51. The zero-order chi connectivity index (χ0) is 11.0. The molecule has 0 rings (SSSR count). The van der Waals surface area contributed by atoms with E-state index in [2.05, 4.69) is 4.99 Å². The van der Waals surface area contributed by atoms with Crippen molar-refractivity contribution in [3.63, 3.8) is 0 Å². The van der Waals surface area contributed by atoms with Crippen LogP contribution in [0.1, 0.15) is 20.3 Å². The molecule has 1 amide bonds. The molecule has 0 aromatic rings. The van der Waals surface area contributed by atoms with Gasteiger partial charge in [-0.15, -0.1) is 11.8 Å². The lowest BCUT2D eigenvalue weighted by atomic mass is 10.1. The first kappa shape index (κ1) is 13.2. The van der Waals surface area contributed by atoms with Gasteiger partial charge in [0.1, 0.15) is 0 Å². The van der Waals surface area contributed by atoms with E-state index in [1.54, 1.807) is 0 Å². The van der Waals surface area contributed by atoms with Crippen LogP contribution in [0, 0.1) is 5.92 Å². The minimum absolute atomic E-state index is 0.0452. The monoisotopic (exact) mass is 217 g/mol. The highest BCUT2D eigenvalue weighted by Crippen LogP contribution is 2.03. The van der Waals surface area contributed by atoms with Gasteiger partial charge in [-0.2, -0.15) is 0 Å². The SMILES string of the molecule is CCC(C)C(=O)/N=C/CSCC(=O)O. The van der Waals surface area contributed by atoms with E-state index in [0.29, 0.717) is 5.75 Å². The van der Waals surface area contributed by atoms with Crippen LogP contribution in [0.15, 0.2) is 4.99 Å². The lowest BCUT2D eigenvalue weighted by Crippen LogP contribution is -2.07. The lowest BCUT2D eigenvalue weighted by Gasteiger charge is -2.00. The highest BCUT2D eigenvalue weighted by Gasteiger charge is 2.07. The normalized spacial score (nSPS) is 13.0. The zero-order valence-corrected chi connectivity index (χ0v) is 9.21. The summed E-state index contributed by atoms with van der Waals surface area (Å²) in [4.78, 5) is 25.0. The van der Waals surface area contributed by atoms with Crippen LogP contribution >= 0.6 is 11.8 Å². The van der Waals surface area contributed by atoms with Gasteiger partial charge in [-0.1, -0.05) is 13.8 Å². The van der Waals surface area contributed by atoms with Crippen LogP contribution in [0.4, 0.5) is 0 Å². The van der Waals surface area contributed by atoms with Crippen molar-refractivity contribution in [2.24, 2.45) is 10.9 Å². The molecule has 1 N–H and O–H groups in total. The Hall–Kier alpha value is -0.840. The molecule has 0 radical (unpaired) electrons. The average Bonchev–Trinajstić information content (AvgIpc) is 2.15. The summed E-state index contributed by atoms with van der Waals surface area (Å²) in [6.45, 7) is 3.75. The van der Waals surface area contributed by atoms with Crippen LogP contribution in [0.5, 0.6) is 0 Å². The number of nitrogens with zero attached hydrogens (tertiary/aromatic N) is 1. The van der Waals surface area contributed by atoms with Gasteiger partial charge in [-0.05, 0) is 6.42 Å². The number of thioether (sulfide) groups is 1. The lowest BCUT2D eigenvalue weighted by molar-refractivity contribution is -0.133. The summed E-state index contributed by atoms with van der Waals surface area (Å²) < 4.78 is 0. The van der Waals surface area contributed by atoms with Gasteiger partial charge < -0.3 is 5.11 Å². The number of amides is 1. The first-order chi connectivity index (χ1) is 6.57. The molecule has 0 fully saturated rings.